The lowest BCUT2D eigenvalue weighted by molar-refractivity contribution is -0.214. The summed E-state index contributed by atoms with van der Waals surface area (Å²) in [6.45, 7) is 19.4. The Hall–Kier alpha value is -2.97. The van der Waals surface area contributed by atoms with Gasteiger partial charge in [-0.2, -0.15) is 5.10 Å². The SMILES string of the molecule is CC(C)C1C(=O)C[C@]2(NC(=O)c3cnn(C)c3)CC[C@]3(C)C(=C12)CC[C@@H]1[C@@]2(C)CC[C@H](OC(=O)CC(C)(C)C(=O)O)C(C)(C)[C@@H]2CC[C@]13C. The molecule has 1 aromatic heterocycles. The van der Waals surface area contributed by atoms with E-state index in [-0.39, 0.29) is 57.7 Å². The molecule has 49 heavy (non-hydrogen) atoms. The summed E-state index contributed by atoms with van der Waals surface area (Å²) >= 11 is 0. The van der Waals surface area contributed by atoms with Gasteiger partial charge >= 0.3 is 11.9 Å². The zero-order chi connectivity index (χ0) is 36.1. The van der Waals surface area contributed by atoms with Gasteiger partial charge in [-0.25, -0.2) is 0 Å². The van der Waals surface area contributed by atoms with Gasteiger partial charge in [0.2, 0.25) is 0 Å². The number of ether oxygens (including phenoxy) is 1. The minimum Gasteiger partial charge on any atom is -0.481 e. The first kappa shape index (κ1) is 35.8. The predicted molar refractivity (Wildman–Crippen MR) is 186 cm³/mol. The number of carbonyl (C=O) groups excluding carboxylic acids is 3. The fourth-order valence-electron chi connectivity index (χ4n) is 12.3. The second kappa shape index (κ2) is 11.5. The molecule has 4 saturated carbocycles. The Morgan fingerprint density at radius 3 is 2.35 bits per heavy atom. The number of carboxylic acid groups (broad SMARTS) is 1. The zero-order valence-corrected chi connectivity index (χ0v) is 31.5. The van der Waals surface area contributed by atoms with Crippen molar-refractivity contribution in [2.75, 3.05) is 0 Å². The normalized spacial score (nSPS) is 38.3. The molecular weight excluding hydrogens is 618 g/mol. The Kier molecular flexibility index (Phi) is 8.43. The maximum Gasteiger partial charge on any atom is 0.309 e. The molecule has 1 aromatic rings. The van der Waals surface area contributed by atoms with Crippen molar-refractivity contribution in [1.29, 1.82) is 0 Å². The molecular formula is C40H59N3O6. The van der Waals surface area contributed by atoms with Crippen LogP contribution in [0.25, 0.3) is 0 Å². The summed E-state index contributed by atoms with van der Waals surface area (Å²) in [7, 11) is 1.81. The quantitative estimate of drug-likeness (QED) is 0.229. The molecule has 1 amide bonds. The van der Waals surface area contributed by atoms with Gasteiger partial charge < -0.3 is 15.2 Å². The highest BCUT2D eigenvalue weighted by Gasteiger charge is 2.69. The monoisotopic (exact) mass is 677 g/mol. The number of ketones is 1. The molecule has 1 heterocycles. The van der Waals surface area contributed by atoms with E-state index in [1.165, 1.54) is 11.1 Å². The minimum absolute atomic E-state index is 0.0105. The number of allylic oxidation sites excluding steroid dienone is 1. The molecule has 9 heteroatoms. The van der Waals surface area contributed by atoms with E-state index >= 15 is 0 Å². The van der Waals surface area contributed by atoms with E-state index in [0.717, 1.165) is 51.4 Å². The summed E-state index contributed by atoms with van der Waals surface area (Å²) in [4.78, 5) is 52.3. The van der Waals surface area contributed by atoms with Gasteiger partial charge in [-0.1, -0.05) is 54.0 Å². The molecule has 1 unspecified atom stereocenters. The molecule has 0 saturated heterocycles. The van der Waals surface area contributed by atoms with Crippen LogP contribution in [-0.4, -0.2) is 50.2 Å². The molecule has 0 aliphatic heterocycles. The van der Waals surface area contributed by atoms with E-state index in [0.29, 0.717) is 23.8 Å². The van der Waals surface area contributed by atoms with Crippen molar-refractivity contribution in [2.24, 2.45) is 57.8 Å². The number of nitrogens with zero attached hydrogens (tertiary/aromatic N) is 2. The van der Waals surface area contributed by atoms with Crippen LogP contribution < -0.4 is 5.32 Å². The van der Waals surface area contributed by atoms with Crippen LogP contribution >= 0.6 is 0 Å². The Morgan fingerprint density at radius 1 is 1.04 bits per heavy atom. The second-order valence-corrected chi connectivity index (χ2v) is 18.8. The fraction of sp³-hybridized carbons (Fsp3) is 0.775. The number of hydrogen-bond donors (Lipinski definition) is 2. The van der Waals surface area contributed by atoms with Crippen LogP contribution in [0.1, 0.15) is 137 Å². The number of carbonyl (C=O) groups is 4. The molecule has 5 aliphatic carbocycles. The average Bonchev–Trinajstić information content (AvgIpc) is 3.55. The standard InChI is InChI=1S/C40H59N3O6/c1-23(2)31-26(44)19-40(42-33(46)24-21-41-43(10)22-24)18-17-38(8)25(32(31)40)11-12-28-37(7)15-14-29(49-30(45)20-35(3,4)34(47)48)36(5,6)27(37)13-16-39(28,38)9/h21-23,27-29,31H,11-20H2,1-10H3,(H,42,46)(H,47,48)/t27-,28+,29-,31?,37-,38+,39+,40+/m0/s1. The Labute approximate surface area is 292 Å². The second-order valence-electron chi connectivity index (χ2n) is 18.8. The molecule has 0 radical (unpaired) electrons. The van der Waals surface area contributed by atoms with Crippen LogP contribution in [0.2, 0.25) is 0 Å². The molecule has 9 nitrogen and oxygen atoms in total. The van der Waals surface area contributed by atoms with Crippen molar-refractivity contribution in [2.45, 2.75) is 138 Å². The van der Waals surface area contributed by atoms with Gasteiger partial charge in [0.15, 0.2) is 0 Å². The highest BCUT2D eigenvalue weighted by Crippen LogP contribution is 2.75. The number of Topliss-reactive ketones (excluding diaryl/α,β-unsaturated/α-hetero) is 1. The first-order valence-electron chi connectivity index (χ1n) is 18.6. The number of rotatable bonds is 7. The van der Waals surface area contributed by atoms with E-state index in [4.69, 9.17) is 4.74 Å². The van der Waals surface area contributed by atoms with Crippen LogP contribution in [0.4, 0.5) is 0 Å². The average molecular weight is 678 g/mol. The molecule has 0 bridgehead atoms. The number of nitrogens with one attached hydrogen (secondary N) is 1. The summed E-state index contributed by atoms with van der Waals surface area (Å²) < 4.78 is 7.78. The van der Waals surface area contributed by atoms with Gasteiger partial charge in [0.05, 0.1) is 29.1 Å². The maximum absolute atomic E-state index is 13.9. The summed E-state index contributed by atoms with van der Waals surface area (Å²) in [5.41, 5.74) is 1.04. The number of aryl methyl sites for hydroxylation is 1. The van der Waals surface area contributed by atoms with Gasteiger partial charge in [-0.05, 0) is 105 Å². The number of carboxylic acids is 1. The van der Waals surface area contributed by atoms with Crippen LogP contribution in [-0.2, 0) is 26.2 Å². The van der Waals surface area contributed by atoms with E-state index in [9.17, 15) is 24.3 Å². The molecule has 270 valence electrons. The number of esters is 1. The third kappa shape index (κ3) is 5.25. The van der Waals surface area contributed by atoms with Crippen molar-refractivity contribution < 1.29 is 29.0 Å². The lowest BCUT2D eigenvalue weighted by Crippen LogP contribution is -2.65. The number of fused-ring (bicyclic) bond motifs is 6. The summed E-state index contributed by atoms with van der Waals surface area (Å²) in [6.07, 6.45) is 10.8. The smallest absolute Gasteiger partial charge is 0.309 e. The third-order valence-electron chi connectivity index (χ3n) is 15.0. The van der Waals surface area contributed by atoms with Crippen molar-refractivity contribution >= 4 is 23.6 Å². The van der Waals surface area contributed by atoms with Crippen molar-refractivity contribution in [3.63, 3.8) is 0 Å². The van der Waals surface area contributed by atoms with Crippen LogP contribution in [0.15, 0.2) is 23.5 Å². The van der Waals surface area contributed by atoms with Gasteiger partial charge in [0.25, 0.3) is 5.91 Å². The number of hydrogen-bond acceptors (Lipinski definition) is 6. The Balaban J connectivity index is 1.33. The molecule has 5 aliphatic rings. The van der Waals surface area contributed by atoms with Crippen molar-refractivity contribution in [3.8, 4) is 0 Å². The largest absolute Gasteiger partial charge is 0.481 e. The van der Waals surface area contributed by atoms with E-state index < -0.39 is 22.9 Å². The molecule has 0 aromatic carbocycles. The maximum atomic E-state index is 13.9. The molecule has 6 rings (SSSR count). The van der Waals surface area contributed by atoms with Gasteiger partial charge in [0.1, 0.15) is 11.9 Å². The van der Waals surface area contributed by atoms with Crippen LogP contribution in [0.3, 0.4) is 0 Å². The van der Waals surface area contributed by atoms with Gasteiger partial charge in [-0.15, -0.1) is 0 Å². The molecule has 0 spiro atoms. The third-order valence-corrected chi connectivity index (χ3v) is 15.0. The topological polar surface area (TPSA) is 128 Å². The predicted octanol–water partition coefficient (Wildman–Crippen LogP) is 7.30. The lowest BCUT2D eigenvalue weighted by atomic mass is 9.34. The van der Waals surface area contributed by atoms with Crippen LogP contribution in [0, 0.1) is 50.7 Å². The van der Waals surface area contributed by atoms with Gasteiger partial charge in [0, 0.05) is 31.0 Å². The highest BCUT2D eigenvalue weighted by molar-refractivity contribution is 5.98. The fourth-order valence-corrected chi connectivity index (χ4v) is 12.3. The lowest BCUT2D eigenvalue weighted by Gasteiger charge is -2.70. The van der Waals surface area contributed by atoms with E-state index in [1.54, 1.807) is 38.0 Å². The molecule has 4 fully saturated rings. The number of aromatic nitrogens is 2. The van der Waals surface area contributed by atoms with Crippen LogP contribution in [0.5, 0.6) is 0 Å². The highest BCUT2D eigenvalue weighted by atomic mass is 16.5. The van der Waals surface area contributed by atoms with E-state index in [2.05, 4.69) is 58.9 Å². The van der Waals surface area contributed by atoms with Crippen molar-refractivity contribution in [1.82, 2.24) is 15.1 Å². The molecule has 2 N–H and O–H groups in total. The van der Waals surface area contributed by atoms with Gasteiger partial charge in [-0.3, -0.25) is 23.9 Å². The first-order chi connectivity index (χ1) is 22.6. The van der Waals surface area contributed by atoms with Crippen molar-refractivity contribution in [3.05, 3.63) is 29.1 Å². The number of amides is 1. The van der Waals surface area contributed by atoms with E-state index in [1.807, 2.05) is 0 Å². The Bertz CT molecular complexity index is 1600. The first-order valence-corrected chi connectivity index (χ1v) is 18.6. The summed E-state index contributed by atoms with van der Waals surface area (Å²) in [5, 5.41) is 17.2. The summed E-state index contributed by atoms with van der Waals surface area (Å²) in [6, 6.07) is 0. The Morgan fingerprint density at radius 2 is 1.73 bits per heavy atom. The molecule has 8 atom stereocenters. The summed E-state index contributed by atoms with van der Waals surface area (Å²) in [5.74, 6) is -0.565. The zero-order valence-electron chi connectivity index (χ0n) is 31.5. The number of aliphatic carboxylic acids is 1. The minimum atomic E-state index is -1.17.